The van der Waals surface area contributed by atoms with Crippen molar-refractivity contribution in [2.75, 3.05) is 58.4 Å². The van der Waals surface area contributed by atoms with Crippen LogP contribution in [0.5, 0.6) is 5.75 Å². The van der Waals surface area contributed by atoms with Gasteiger partial charge in [-0.2, -0.15) is 4.31 Å². The number of methoxy groups -OCH3 is 2. The van der Waals surface area contributed by atoms with E-state index in [1.165, 1.54) is 7.11 Å². The van der Waals surface area contributed by atoms with Crippen LogP contribution in [0.1, 0.15) is 39.0 Å². The molecule has 2 saturated heterocycles. The van der Waals surface area contributed by atoms with Gasteiger partial charge in [-0.25, -0.2) is 8.42 Å². The first-order chi connectivity index (χ1) is 15.8. The molecule has 0 radical (unpaired) electrons. The third kappa shape index (κ3) is 6.17. The lowest BCUT2D eigenvalue weighted by Gasteiger charge is -2.37. The fraction of sp³-hybridized carbons (Fsp3) is 0.652. The number of sulfonamides is 1. The topological polar surface area (TPSA) is 96.5 Å². The van der Waals surface area contributed by atoms with Crippen LogP contribution >= 0.6 is 0 Å². The van der Waals surface area contributed by atoms with Crippen molar-refractivity contribution in [3.8, 4) is 5.75 Å². The number of carbonyl (C=O) groups is 2. The van der Waals surface area contributed by atoms with Gasteiger partial charge in [0.15, 0.2) is 0 Å². The number of piperazine rings is 1. The summed E-state index contributed by atoms with van der Waals surface area (Å²) in [5, 5.41) is 0. The molecule has 0 aliphatic carbocycles. The minimum absolute atomic E-state index is 0.0149. The first-order valence-corrected chi connectivity index (χ1v) is 13.0. The van der Waals surface area contributed by atoms with Gasteiger partial charge in [0.2, 0.25) is 15.9 Å². The van der Waals surface area contributed by atoms with Gasteiger partial charge >= 0.3 is 5.97 Å². The first kappa shape index (κ1) is 25.3. The standard InChI is InChI=1S/C23H35N3O6S/c1-18-6-5-11-26(17-18)33(29,30)19-9-10-21(31-2)20(16-19)24-12-14-25(15-13-24)22(27)7-4-8-23(28)32-3/h9-10,16,18H,4-8,11-15,17H2,1-3H3. The Morgan fingerprint density at radius 1 is 1.06 bits per heavy atom. The van der Waals surface area contributed by atoms with Crippen molar-refractivity contribution in [3.63, 3.8) is 0 Å². The molecule has 33 heavy (non-hydrogen) atoms. The maximum Gasteiger partial charge on any atom is 0.305 e. The molecule has 0 saturated carbocycles. The van der Waals surface area contributed by atoms with Gasteiger partial charge in [0, 0.05) is 52.1 Å². The van der Waals surface area contributed by atoms with Crippen LogP contribution in [0, 0.1) is 5.92 Å². The molecular formula is C23H35N3O6S. The van der Waals surface area contributed by atoms with Gasteiger partial charge in [-0.05, 0) is 43.4 Å². The highest BCUT2D eigenvalue weighted by Crippen LogP contribution is 2.33. The fourth-order valence-electron chi connectivity index (χ4n) is 4.43. The van der Waals surface area contributed by atoms with Gasteiger partial charge in [0.1, 0.15) is 5.75 Å². The number of nitrogens with zero attached hydrogens (tertiary/aromatic N) is 3. The van der Waals surface area contributed by atoms with E-state index < -0.39 is 10.0 Å². The minimum atomic E-state index is -3.58. The minimum Gasteiger partial charge on any atom is -0.495 e. The van der Waals surface area contributed by atoms with E-state index in [0.717, 1.165) is 18.5 Å². The van der Waals surface area contributed by atoms with Crippen LogP contribution in [0.2, 0.25) is 0 Å². The summed E-state index contributed by atoms with van der Waals surface area (Å²) >= 11 is 0. The Labute approximate surface area is 196 Å². The molecule has 10 heteroatoms. The van der Waals surface area contributed by atoms with Gasteiger partial charge in [0.25, 0.3) is 0 Å². The molecule has 0 aromatic heterocycles. The molecule has 1 unspecified atom stereocenters. The number of piperidine rings is 1. The molecule has 1 atom stereocenters. The predicted octanol–water partition coefficient (Wildman–Crippen LogP) is 2.11. The second-order valence-electron chi connectivity index (χ2n) is 8.74. The third-order valence-electron chi connectivity index (χ3n) is 6.38. The molecule has 1 aromatic carbocycles. The van der Waals surface area contributed by atoms with E-state index in [4.69, 9.17) is 4.74 Å². The highest BCUT2D eigenvalue weighted by atomic mass is 32.2. The van der Waals surface area contributed by atoms with Gasteiger partial charge < -0.3 is 19.3 Å². The SMILES string of the molecule is COC(=O)CCCC(=O)N1CCN(c2cc(S(=O)(=O)N3CCCC(C)C3)ccc2OC)CC1. The molecule has 184 valence electrons. The molecule has 0 bridgehead atoms. The number of carbonyl (C=O) groups excluding carboxylic acids is 2. The number of hydrogen-bond acceptors (Lipinski definition) is 7. The zero-order valence-corrected chi connectivity index (χ0v) is 20.6. The summed E-state index contributed by atoms with van der Waals surface area (Å²) in [7, 11) is -0.668. The molecule has 2 aliphatic heterocycles. The lowest BCUT2D eigenvalue weighted by molar-refractivity contribution is -0.140. The quantitative estimate of drug-likeness (QED) is 0.525. The van der Waals surface area contributed by atoms with Crippen LogP contribution in [-0.2, 0) is 24.3 Å². The molecule has 9 nitrogen and oxygen atoms in total. The number of anilines is 1. The molecule has 1 amide bonds. The van der Waals surface area contributed by atoms with Crippen molar-refractivity contribution < 1.29 is 27.5 Å². The lowest BCUT2D eigenvalue weighted by atomic mass is 10.0. The van der Waals surface area contributed by atoms with Crippen molar-refractivity contribution in [3.05, 3.63) is 18.2 Å². The molecule has 0 spiro atoms. The average Bonchev–Trinajstić information content (AvgIpc) is 2.83. The average molecular weight is 482 g/mol. The van der Waals surface area contributed by atoms with E-state index in [0.29, 0.717) is 63.8 Å². The summed E-state index contributed by atoms with van der Waals surface area (Å²) < 4.78 is 38.2. The van der Waals surface area contributed by atoms with Gasteiger partial charge in [-0.3, -0.25) is 9.59 Å². The highest BCUT2D eigenvalue weighted by Gasteiger charge is 2.30. The molecule has 1 aromatic rings. The lowest BCUT2D eigenvalue weighted by Crippen LogP contribution is -2.49. The Kier molecular flexibility index (Phi) is 8.58. The monoisotopic (exact) mass is 481 g/mol. The van der Waals surface area contributed by atoms with E-state index >= 15 is 0 Å². The normalized spacial score (nSPS) is 19.9. The summed E-state index contributed by atoms with van der Waals surface area (Å²) in [4.78, 5) is 27.8. The summed E-state index contributed by atoms with van der Waals surface area (Å²) in [5.41, 5.74) is 0.724. The summed E-state index contributed by atoms with van der Waals surface area (Å²) in [6, 6.07) is 5.01. The van der Waals surface area contributed by atoms with Crippen LogP contribution in [0.15, 0.2) is 23.1 Å². The third-order valence-corrected chi connectivity index (χ3v) is 8.24. The number of benzene rings is 1. The molecule has 2 heterocycles. The van der Waals surface area contributed by atoms with Gasteiger partial charge in [-0.1, -0.05) is 6.92 Å². The predicted molar refractivity (Wildman–Crippen MR) is 125 cm³/mol. The molecular weight excluding hydrogens is 446 g/mol. The fourth-order valence-corrected chi connectivity index (χ4v) is 6.05. The van der Waals surface area contributed by atoms with Crippen LogP contribution in [0.25, 0.3) is 0 Å². The number of ether oxygens (including phenoxy) is 2. The Morgan fingerprint density at radius 2 is 1.79 bits per heavy atom. The summed E-state index contributed by atoms with van der Waals surface area (Å²) in [5.74, 6) is 0.665. The van der Waals surface area contributed by atoms with Gasteiger partial charge in [-0.15, -0.1) is 0 Å². The van der Waals surface area contributed by atoms with Crippen molar-refractivity contribution in [2.24, 2.45) is 5.92 Å². The van der Waals surface area contributed by atoms with E-state index in [-0.39, 0.29) is 23.2 Å². The van der Waals surface area contributed by atoms with Crippen molar-refractivity contribution in [2.45, 2.75) is 43.9 Å². The molecule has 2 fully saturated rings. The van der Waals surface area contributed by atoms with Crippen LogP contribution in [0.3, 0.4) is 0 Å². The number of amides is 1. The number of hydrogen-bond donors (Lipinski definition) is 0. The maximum absolute atomic E-state index is 13.3. The van der Waals surface area contributed by atoms with Gasteiger partial charge in [0.05, 0.1) is 24.8 Å². The Balaban J connectivity index is 1.67. The Hall–Kier alpha value is -2.33. The van der Waals surface area contributed by atoms with E-state index in [1.54, 1.807) is 34.5 Å². The number of rotatable bonds is 8. The number of esters is 1. The molecule has 3 rings (SSSR count). The zero-order valence-electron chi connectivity index (χ0n) is 19.8. The van der Waals surface area contributed by atoms with Crippen molar-refractivity contribution in [1.82, 2.24) is 9.21 Å². The van der Waals surface area contributed by atoms with Crippen LogP contribution in [0.4, 0.5) is 5.69 Å². The molecule has 2 aliphatic rings. The Bertz CT molecular complexity index is 944. The Morgan fingerprint density at radius 3 is 2.42 bits per heavy atom. The zero-order chi connectivity index (χ0) is 24.0. The second-order valence-corrected chi connectivity index (χ2v) is 10.7. The highest BCUT2D eigenvalue weighted by molar-refractivity contribution is 7.89. The first-order valence-electron chi connectivity index (χ1n) is 11.5. The smallest absolute Gasteiger partial charge is 0.305 e. The van der Waals surface area contributed by atoms with E-state index in [9.17, 15) is 18.0 Å². The van der Waals surface area contributed by atoms with Crippen LogP contribution < -0.4 is 9.64 Å². The second kappa shape index (κ2) is 11.2. The largest absolute Gasteiger partial charge is 0.495 e. The maximum atomic E-state index is 13.3. The van der Waals surface area contributed by atoms with E-state index in [2.05, 4.69) is 16.6 Å². The van der Waals surface area contributed by atoms with Crippen LogP contribution in [-0.4, -0.2) is 83.0 Å². The van der Waals surface area contributed by atoms with Crippen molar-refractivity contribution in [1.29, 1.82) is 0 Å². The molecule has 0 N–H and O–H groups in total. The van der Waals surface area contributed by atoms with E-state index in [1.807, 2.05) is 0 Å². The summed E-state index contributed by atoms with van der Waals surface area (Å²) in [6.45, 7) is 5.37. The summed E-state index contributed by atoms with van der Waals surface area (Å²) in [6.07, 6.45) is 2.93. The van der Waals surface area contributed by atoms with Crippen molar-refractivity contribution >= 4 is 27.6 Å².